The molecule has 26 heavy (non-hydrogen) atoms. The molecule has 0 atom stereocenters. The van der Waals surface area contributed by atoms with Crippen molar-refractivity contribution in [1.82, 2.24) is 0 Å². The van der Waals surface area contributed by atoms with Gasteiger partial charge in [0.2, 0.25) is 0 Å². The van der Waals surface area contributed by atoms with E-state index in [-0.39, 0.29) is 6.61 Å². The van der Waals surface area contributed by atoms with Crippen LogP contribution in [0.15, 0.2) is 35.7 Å². The van der Waals surface area contributed by atoms with Crippen LogP contribution in [0.2, 0.25) is 0 Å². The van der Waals surface area contributed by atoms with Crippen LogP contribution < -0.4 is 5.32 Å². The van der Waals surface area contributed by atoms with Gasteiger partial charge in [-0.05, 0) is 54.6 Å². The minimum Gasteiger partial charge on any atom is -0.462 e. The summed E-state index contributed by atoms with van der Waals surface area (Å²) >= 11 is 1.27. The van der Waals surface area contributed by atoms with E-state index in [1.807, 2.05) is 19.9 Å². The van der Waals surface area contributed by atoms with Crippen molar-refractivity contribution < 1.29 is 23.9 Å². The fraction of sp³-hybridized carbons (Fsp3) is 0.316. The molecule has 138 valence electrons. The van der Waals surface area contributed by atoms with Gasteiger partial charge in [0.1, 0.15) is 4.88 Å². The Labute approximate surface area is 156 Å². The normalized spacial score (nSPS) is 10.2. The molecule has 6 nitrogen and oxygen atoms in total. The van der Waals surface area contributed by atoms with Crippen LogP contribution in [0.1, 0.15) is 45.4 Å². The summed E-state index contributed by atoms with van der Waals surface area (Å²) in [5.41, 5.74) is 1.74. The fourth-order valence-corrected chi connectivity index (χ4v) is 2.88. The Bertz CT molecular complexity index is 766. The van der Waals surface area contributed by atoms with Crippen LogP contribution in [0.25, 0.3) is 0 Å². The Morgan fingerprint density at radius 3 is 2.38 bits per heavy atom. The van der Waals surface area contributed by atoms with Gasteiger partial charge in [-0.25, -0.2) is 9.59 Å². The van der Waals surface area contributed by atoms with Crippen LogP contribution in [-0.4, -0.2) is 31.1 Å². The van der Waals surface area contributed by atoms with E-state index < -0.39 is 17.8 Å². The number of aryl methyl sites for hydroxylation is 1. The largest absolute Gasteiger partial charge is 0.462 e. The van der Waals surface area contributed by atoms with Gasteiger partial charge in [0, 0.05) is 5.69 Å². The summed E-state index contributed by atoms with van der Waals surface area (Å²) in [5, 5.41) is 4.40. The highest BCUT2D eigenvalue weighted by Crippen LogP contribution is 2.16. The standard InChI is InChI=1S/C19H21NO5S/c1-3-4-10-24-18(22)14-5-7-15(8-6-14)20-16(21)12-25-19(23)17-13(2)9-11-26-17/h5-9,11H,3-4,10,12H2,1-2H3,(H,20,21). The second kappa shape index (κ2) is 9.72. The van der Waals surface area contributed by atoms with Crippen LogP contribution >= 0.6 is 11.3 Å². The number of thiophene rings is 1. The molecule has 0 radical (unpaired) electrons. The molecule has 0 aliphatic heterocycles. The predicted octanol–water partition coefficient (Wildman–Crippen LogP) is 3.81. The number of carbonyl (C=O) groups excluding carboxylic acids is 3. The maximum absolute atomic E-state index is 11.9. The number of esters is 2. The van der Waals surface area contributed by atoms with E-state index in [2.05, 4.69) is 5.32 Å². The highest BCUT2D eigenvalue weighted by Gasteiger charge is 2.14. The molecule has 1 aromatic carbocycles. The Balaban J connectivity index is 1.81. The van der Waals surface area contributed by atoms with Gasteiger partial charge in [-0.3, -0.25) is 4.79 Å². The van der Waals surface area contributed by atoms with Crippen molar-refractivity contribution in [3.05, 3.63) is 51.7 Å². The SMILES string of the molecule is CCCCOC(=O)c1ccc(NC(=O)COC(=O)c2sccc2C)cc1. The highest BCUT2D eigenvalue weighted by molar-refractivity contribution is 7.12. The molecule has 2 rings (SSSR count). The first-order chi connectivity index (χ1) is 12.5. The zero-order chi connectivity index (χ0) is 18.9. The van der Waals surface area contributed by atoms with Gasteiger partial charge >= 0.3 is 11.9 Å². The third kappa shape index (κ3) is 5.70. The van der Waals surface area contributed by atoms with Crippen molar-refractivity contribution in [1.29, 1.82) is 0 Å². The van der Waals surface area contributed by atoms with Crippen molar-refractivity contribution in [2.24, 2.45) is 0 Å². The molecular formula is C19H21NO5S. The molecule has 1 heterocycles. The second-order valence-corrected chi connectivity index (χ2v) is 6.54. The minimum absolute atomic E-state index is 0.378. The zero-order valence-corrected chi connectivity index (χ0v) is 15.6. The number of carbonyl (C=O) groups is 3. The lowest BCUT2D eigenvalue weighted by Crippen LogP contribution is -2.20. The lowest BCUT2D eigenvalue weighted by atomic mass is 10.2. The molecule has 0 saturated heterocycles. The van der Waals surface area contributed by atoms with E-state index in [1.54, 1.807) is 29.6 Å². The smallest absolute Gasteiger partial charge is 0.349 e. The molecule has 0 aliphatic rings. The zero-order valence-electron chi connectivity index (χ0n) is 14.7. The number of hydrogen-bond donors (Lipinski definition) is 1. The van der Waals surface area contributed by atoms with Gasteiger partial charge in [0.05, 0.1) is 12.2 Å². The maximum atomic E-state index is 11.9. The first-order valence-electron chi connectivity index (χ1n) is 8.29. The van der Waals surface area contributed by atoms with Gasteiger partial charge in [0.15, 0.2) is 6.61 Å². The van der Waals surface area contributed by atoms with Gasteiger partial charge in [-0.2, -0.15) is 0 Å². The quantitative estimate of drug-likeness (QED) is 0.560. The number of hydrogen-bond acceptors (Lipinski definition) is 6. The number of benzene rings is 1. The maximum Gasteiger partial charge on any atom is 0.349 e. The van der Waals surface area contributed by atoms with Crippen molar-refractivity contribution in [3.8, 4) is 0 Å². The topological polar surface area (TPSA) is 81.7 Å². The molecule has 0 bridgehead atoms. The molecule has 0 unspecified atom stereocenters. The van der Waals surface area contributed by atoms with E-state index in [1.165, 1.54) is 11.3 Å². The van der Waals surface area contributed by atoms with Crippen LogP contribution in [0, 0.1) is 6.92 Å². The third-order valence-corrected chi connectivity index (χ3v) is 4.51. The second-order valence-electron chi connectivity index (χ2n) is 5.62. The minimum atomic E-state index is -0.516. The number of unbranched alkanes of at least 4 members (excludes halogenated alkanes) is 1. The van der Waals surface area contributed by atoms with E-state index in [9.17, 15) is 14.4 Å². The number of amides is 1. The fourth-order valence-electron chi connectivity index (χ4n) is 2.06. The van der Waals surface area contributed by atoms with E-state index in [0.29, 0.717) is 22.7 Å². The number of ether oxygens (including phenoxy) is 2. The number of nitrogens with one attached hydrogen (secondary N) is 1. The number of rotatable bonds is 8. The molecule has 0 aliphatic carbocycles. The van der Waals surface area contributed by atoms with Crippen LogP contribution in [0.5, 0.6) is 0 Å². The molecule has 1 N–H and O–H groups in total. The van der Waals surface area contributed by atoms with Crippen molar-refractivity contribution in [3.63, 3.8) is 0 Å². The van der Waals surface area contributed by atoms with Crippen LogP contribution in [0.4, 0.5) is 5.69 Å². The average Bonchev–Trinajstić information content (AvgIpc) is 3.06. The van der Waals surface area contributed by atoms with E-state index in [0.717, 1.165) is 18.4 Å². The van der Waals surface area contributed by atoms with Crippen LogP contribution in [0.3, 0.4) is 0 Å². The molecule has 7 heteroatoms. The average molecular weight is 375 g/mol. The molecule has 0 fully saturated rings. The van der Waals surface area contributed by atoms with Crippen molar-refractivity contribution >= 4 is 34.9 Å². The Morgan fingerprint density at radius 1 is 1.04 bits per heavy atom. The van der Waals surface area contributed by atoms with Gasteiger partial charge < -0.3 is 14.8 Å². The molecule has 1 amide bonds. The summed E-state index contributed by atoms with van der Waals surface area (Å²) in [5.74, 6) is -1.36. The summed E-state index contributed by atoms with van der Waals surface area (Å²) in [6.07, 6.45) is 1.78. The lowest BCUT2D eigenvalue weighted by Gasteiger charge is -2.08. The molecule has 0 spiro atoms. The van der Waals surface area contributed by atoms with Crippen molar-refractivity contribution in [2.75, 3.05) is 18.5 Å². The summed E-state index contributed by atoms with van der Waals surface area (Å²) < 4.78 is 10.1. The summed E-state index contributed by atoms with van der Waals surface area (Å²) in [6, 6.07) is 8.16. The molecule has 0 saturated carbocycles. The Hall–Kier alpha value is -2.67. The molecule has 1 aromatic heterocycles. The predicted molar refractivity (Wildman–Crippen MR) is 99.6 cm³/mol. The highest BCUT2D eigenvalue weighted by atomic mass is 32.1. The third-order valence-electron chi connectivity index (χ3n) is 3.52. The van der Waals surface area contributed by atoms with E-state index >= 15 is 0 Å². The summed E-state index contributed by atoms with van der Waals surface area (Å²) in [4.78, 5) is 36.1. The van der Waals surface area contributed by atoms with Gasteiger partial charge in [-0.15, -0.1) is 11.3 Å². The monoisotopic (exact) mass is 375 g/mol. The van der Waals surface area contributed by atoms with Gasteiger partial charge in [0.25, 0.3) is 5.91 Å². The molecular weight excluding hydrogens is 354 g/mol. The Morgan fingerprint density at radius 2 is 1.77 bits per heavy atom. The number of anilines is 1. The summed E-state index contributed by atoms with van der Waals surface area (Å²) in [6.45, 7) is 3.84. The lowest BCUT2D eigenvalue weighted by molar-refractivity contribution is -0.119. The van der Waals surface area contributed by atoms with E-state index in [4.69, 9.17) is 9.47 Å². The van der Waals surface area contributed by atoms with Crippen molar-refractivity contribution in [2.45, 2.75) is 26.7 Å². The van der Waals surface area contributed by atoms with Gasteiger partial charge in [-0.1, -0.05) is 13.3 Å². The van der Waals surface area contributed by atoms with Crippen LogP contribution in [-0.2, 0) is 14.3 Å². The Kier molecular flexibility index (Phi) is 7.35. The first kappa shape index (κ1) is 19.7. The first-order valence-corrected chi connectivity index (χ1v) is 9.17. The summed E-state index contributed by atoms with van der Waals surface area (Å²) in [7, 11) is 0. The molecule has 2 aromatic rings.